The lowest BCUT2D eigenvalue weighted by Gasteiger charge is -2.41. The SMILES string of the molecule is COC(=O)N=P(c1ccccc1)(c1ccccc1)C(c1ccccc1)C(O)C(C)(C)C. The summed E-state index contributed by atoms with van der Waals surface area (Å²) < 4.78 is 9.81. The van der Waals surface area contributed by atoms with Gasteiger partial charge < -0.3 is 9.84 Å². The van der Waals surface area contributed by atoms with Gasteiger partial charge in [-0.1, -0.05) is 112 Å². The van der Waals surface area contributed by atoms with Crippen LogP contribution in [-0.4, -0.2) is 24.4 Å². The van der Waals surface area contributed by atoms with E-state index in [2.05, 4.69) is 0 Å². The van der Waals surface area contributed by atoms with Crippen molar-refractivity contribution in [2.24, 2.45) is 10.2 Å². The van der Waals surface area contributed by atoms with Gasteiger partial charge in [0.1, 0.15) is 0 Å². The Hall–Kier alpha value is -2.68. The van der Waals surface area contributed by atoms with Crippen molar-refractivity contribution in [1.82, 2.24) is 0 Å². The summed E-state index contributed by atoms with van der Waals surface area (Å²) in [6.07, 6.45) is -1.40. The number of aliphatic hydroxyl groups is 1. The Morgan fingerprint density at radius 2 is 1.26 bits per heavy atom. The number of rotatable bonds is 5. The van der Waals surface area contributed by atoms with Crippen molar-refractivity contribution >= 4 is 23.8 Å². The van der Waals surface area contributed by atoms with Crippen molar-refractivity contribution in [2.45, 2.75) is 32.5 Å². The van der Waals surface area contributed by atoms with Crippen LogP contribution < -0.4 is 10.6 Å². The lowest BCUT2D eigenvalue weighted by Crippen LogP contribution is -2.37. The molecule has 162 valence electrons. The number of carbonyl (C=O) groups is 1. The van der Waals surface area contributed by atoms with Gasteiger partial charge in [0.2, 0.25) is 0 Å². The fourth-order valence-corrected chi connectivity index (χ4v) is 8.20. The largest absolute Gasteiger partial charge is 0.451 e. The first-order valence-electron chi connectivity index (χ1n) is 10.3. The smallest absolute Gasteiger partial charge is 0.432 e. The number of amides is 1. The molecule has 0 spiro atoms. The number of ether oxygens (including phenoxy) is 1. The van der Waals surface area contributed by atoms with E-state index >= 15 is 0 Å². The number of methoxy groups -OCH3 is 1. The molecule has 0 saturated carbocycles. The van der Waals surface area contributed by atoms with Crippen LogP contribution in [0.4, 0.5) is 4.79 Å². The van der Waals surface area contributed by atoms with E-state index in [0.29, 0.717) is 0 Å². The van der Waals surface area contributed by atoms with Gasteiger partial charge >= 0.3 is 6.09 Å². The molecule has 2 atom stereocenters. The first-order valence-corrected chi connectivity index (χ1v) is 12.2. The molecule has 0 radical (unpaired) electrons. The highest BCUT2D eigenvalue weighted by Crippen LogP contribution is 2.63. The van der Waals surface area contributed by atoms with Gasteiger partial charge in [-0.15, -0.1) is 0 Å². The molecule has 3 aromatic carbocycles. The van der Waals surface area contributed by atoms with Crippen molar-refractivity contribution in [3.05, 3.63) is 96.6 Å². The molecule has 3 aromatic rings. The van der Waals surface area contributed by atoms with E-state index in [1.165, 1.54) is 7.11 Å². The fourth-order valence-electron chi connectivity index (χ4n) is 3.85. The predicted molar refractivity (Wildman–Crippen MR) is 129 cm³/mol. The molecule has 1 amide bonds. The number of nitrogens with zero attached hydrogens (tertiary/aromatic N) is 1. The van der Waals surface area contributed by atoms with Gasteiger partial charge in [0, 0.05) is 0 Å². The van der Waals surface area contributed by atoms with E-state index in [9.17, 15) is 9.90 Å². The molecular formula is C26H30NO3P. The van der Waals surface area contributed by atoms with Crippen molar-refractivity contribution in [2.75, 3.05) is 7.11 Å². The minimum Gasteiger partial charge on any atom is -0.451 e. The van der Waals surface area contributed by atoms with Gasteiger partial charge in [-0.3, -0.25) is 0 Å². The molecule has 0 aliphatic rings. The van der Waals surface area contributed by atoms with Crippen LogP contribution in [0.1, 0.15) is 32.0 Å². The van der Waals surface area contributed by atoms with Crippen LogP contribution >= 0.6 is 7.05 Å². The Balaban J connectivity index is 2.50. The van der Waals surface area contributed by atoms with E-state index in [1.807, 2.05) is 112 Å². The van der Waals surface area contributed by atoms with E-state index in [-0.39, 0.29) is 0 Å². The zero-order chi connectivity index (χ0) is 22.5. The molecule has 2 unspecified atom stereocenters. The molecule has 0 heterocycles. The number of hydrogen-bond donors (Lipinski definition) is 1. The molecule has 0 saturated heterocycles. The number of benzene rings is 3. The molecular weight excluding hydrogens is 405 g/mol. The molecule has 0 aliphatic carbocycles. The second kappa shape index (κ2) is 9.64. The molecule has 5 heteroatoms. The molecule has 1 N–H and O–H groups in total. The Labute approximate surface area is 185 Å². The number of aliphatic hydroxyl groups excluding tert-OH is 1. The third-order valence-corrected chi connectivity index (χ3v) is 9.48. The summed E-state index contributed by atoms with van der Waals surface area (Å²) in [4.78, 5) is 12.7. The molecule has 0 fully saturated rings. The average Bonchev–Trinajstić information content (AvgIpc) is 2.79. The third-order valence-electron chi connectivity index (χ3n) is 5.44. The van der Waals surface area contributed by atoms with Gasteiger partial charge in [-0.2, -0.15) is 4.74 Å². The van der Waals surface area contributed by atoms with Gasteiger partial charge in [-0.05, 0) is 21.6 Å². The molecule has 0 bridgehead atoms. The lowest BCUT2D eigenvalue weighted by atomic mass is 9.85. The Morgan fingerprint density at radius 1 is 0.839 bits per heavy atom. The van der Waals surface area contributed by atoms with Crippen LogP contribution in [0.5, 0.6) is 0 Å². The Kier molecular flexibility index (Phi) is 7.15. The highest BCUT2D eigenvalue weighted by atomic mass is 31.2. The monoisotopic (exact) mass is 435 g/mol. The van der Waals surface area contributed by atoms with Crippen LogP contribution in [-0.2, 0) is 4.74 Å². The van der Waals surface area contributed by atoms with Crippen LogP contribution in [0.2, 0.25) is 0 Å². The maximum atomic E-state index is 12.7. The first kappa shape index (κ1) is 23.0. The average molecular weight is 436 g/mol. The molecule has 0 aliphatic heterocycles. The number of carbonyl (C=O) groups excluding carboxylic acids is 1. The van der Waals surface area contributed by atoms with Crippen LogP contribution in [0, 0.1) is 5.41 Å². The fraction of sp³-hybridized carbons (Fsp3) is 0.269. The summed E-state index contributed by atoms with van der Waals surface area (Å²) in [5.74, 6) is 0. The Bertz CT molecular complexity index is 1000. The first-order chi connectivity index (χ1) is 14.8. The van der Waals surface area contributed by atoms with Crippen LogP contribution in [0.25, 0.3) is 0 Å². The number of hydrogen-bond acceptors (Lipinski definition) is 3. The summed E-state index contributed by atoms with van der Waals surface area (Å²) in [6.45, 7) is 6.03. The summed E-state index contributed by atoms with van der Waals surface area (Å²) in [7, 11) is -1.52. The molecule has 4 nitrogen and oxygen atoms in total. The lowest BCUT2D eigenvalue weighted by molar-refractivity contribution is 0.0595. The molecule has 0 aromatic heterocycles. The second-order valence-corrected chi connectivity index (χ2v) is 11.8. The zero-order valence-corrected chi connectivity index (χ0v) is 19.4. The zero-order valence-electron chi connectivity index (χ0n) is 18.5. The van der Waals surface area contributed by atoms with E-state index < -0.39 is 30.3 Å². The van der Waals surface area contributed by atoms with Gasteiger partial charge in [0.05, 0.1) is 25.9 Å². The minimum absolute atomic E-state index is 0.433. The standard InChI is InChI=1S/C26H30NO3P/c1-26(2,3)24(28)23(20-14-8-5-9-15-20)31(27-25(29)30-4,21-16-10-6-11-17-21)22-18-12-7-13-19-22/h5-19,23-24,28H,1-4H3. The van der Waals surface area contributed by atoms with E-state index in [4.69, 9.17) is 9.48 Å². The normalized spacial score (nSPS) is 13.8. The summed E-state index contributed by atoms with van der Waals surface area (Å²) >= 11 is 0. The summed E-state index contributed by atoms with van der Waals surface area (Å²) in [6, 6.07) is 29.6. The third kappa shape index (κ3) is 4.81. The second-order valence-electron chi connectivity index (χ2n) is 8.59. The predicted octanol–water partition coefficient (Wildman–Crippen LogP) is 5.75. The summed E-state index contributed by atoms with van der Waals surface area (Å²) in [5.41, 5.74) is 0.0669. The van der Waals surface area contributed by atoms with Gasteiger partial charge in [-0.25, -0.2) is 4.79 Å². The van der Waals surface area contributed by atoms with Crippen molar-refractivity contribution in [3.63, 3.8) is 0 Å². The van der Waals surface area contributed by atoms with Crippen molar-refractivity contribution in [3.8, 4) is 0 Å². The minimum atomic E-state index is -2.86. The van der Waals surface area contributed by atoms with Crippen LogP contribution in [0.3, 0.4) is 0 Å². The van der Waals surface area contributed by atoms with Crippen molar-refractivity contribution in [1.29, 1.82) is 0 Å². The topological polar surface area (TPSA) is 58.9 Å². The van der Waals surface area contributed by atoms with Gasteiger partial charge in [0.25, 0.3) is 0 Å². The van der Waals surface area contributed by atoms with Crippen LogP contribution in [0.15, 0.2) is 95.7 Å². The van der Waals surface area contributed by atoms with E-state index in [1.54, 1.807) is 0 Å². The Morgan fingerprint density at radius 3 is 1.65 bits per heavy atom. The quantitative estimate of drug-likeness (QED) is 0.519. The molecule has 3 rings (SSSR count). The maximum absolute atomic E-state index is 12.7. The van der Waals surface area contributed by atoms with Crippen molar-refractivity contribution < 1.29 is 14.6 Å². The highest BCUT2D eigenvalue weighted by molar-refractivity contribution is 7.81. The highest BCUT2D eigenvalue weighted by Gasteiger charge is 2.44. The van der Waals surface area contributed by atoms with E-state index in [0.717, 1.165) is 16.2 Å². The van der Waals surface area contributed by atoms with Gasteiger partial charge in [0.15, 0.2) is 0 Å². The molecule has 31 heavy (non-hydrogen) atoms. The maximum Gasteiger partial charge on any atom is 0.432 e. The summed E-state index contributed by atoms with van der Waals surface area (Å²) in [5, 5.41) is 13.6.